The summed E-state index contributed by atoms with van der Waals surface area (Å²) in [6, 6.07) is 0. The highest BCUT2D eigenvalue weighted by molar-refractivity contribution is 5.85. The van der Waals surface area contributed by atoms with E-state index in [-0.39, 0.29) is 18.6 Å². The highest BCUT2D eigenvalue weighted by Gasteiger charge is 1.73. The maximum absolute atomic E-state index is 9.47. The molecule has 6 heteroatoms. The van der Waals surface area contributed by atoms with Gasteiger partial charge in [-0.3, -0.25) is 4.79 Å². The highest BCUT2D eigenvalue weighted by atomic mass is 35.5. The zero-order chi connectivity index (χ0) is 13.4. The molecule has 0 atom stereocenters. The molecule has 0 aromatic rings. The predicted molar refractivity (Wildman–Crippen MR) is 79.1 cm³/mol. The topological polar surface area (TPSA) is 115 Å². The summed E-state index contributed by atoms with van der Waals surface area (Å²) in [7, 11) is 0. The number of amides is 1. The van der Waals surface area contributed by atoms with Gasteiger partial charge < -0.3 is 17.0 Å². The Labute approximate surface area is 115 Å². The Hall–Kier alpha value is -1.85. The summed E-state index contributed by atoms with van der Waals surface area (Å²) in [6.45, 7) is 13.1. The molecule has 18 heavy (non-hydrogen) atoms. The van der Waals surface area contributed by atoms with Crippen molar-refractivity contribution in [2.45, 2.75) is 12.8 Å². The lowest BCUT2D eigenvalue weighted by atomic mass is 10.3. The van der Waals surface area contributed by atoms with Crippen molar-refractivity contribution >= 4 is 24.3 Å². The molecule has 0 rings (SSSR count). The van der Waals surface area contributed by atoms with Gasteiger partial charge in [-0.15, -0.1) is 25.6 Å². The van der Waals surface area contributed by atoms with Crippen LogP contribution in [-0.4, -0.2) is 17.0 Å². The Morgan fingerprint density at radius 1 is 1.00 bits per heavy atom. The molecule has 0 aliphatic carbocycles. The minimum absolute atomic E-state index is 0. The van der Waals surface area contributed by atoms with Gasteiger partial charge in [0.15, 0.2) is 0 Å². The number of unbranched alkanes of at least 4 members (excludes halogenated alkanes) is 1. The predicted octanol–water partition coefficient (Wildman–Crippen LogP) is 2.64. The second kappa shape index (κ2) is 29.4. The van der Waals surface area contributed by atoms with Crippen LogP contribution >= 0.6 is 12.4 Å². The Kier molecular flexibility index (Phi) is 48.8. The van der Waals surface area contributed by atoms with Crippen LogP contribution in [0.4, 0.5) is 0 Å². The Bertz CT molecular complexity index is 228. The fraction of sp³-hybridized carbons (Fsp3) is 0.167. The number of rotatable bonds is 5. The first kappa shape index (κ1) is 29.8. The van der Waals surface area contributed by atoms with Crippen molar-refractivity contribution in [1.29, 1.82) is 0 Å². The lowest BCUT2D eigenvalue weighted by Gasteiger charge is -1.76. The Morgan fingerprint density at radius 3 is 1.28 bits per heavy atom. The van der Waals surface area contributed by atoms with E-state index in [1.165, 1.54) is 0 Å². The number of carboxylic acid groups (broad SMARTS) is 1. The van der Waals surface area contributed by atoms with Gasteiger partial charge in [0.25, 0.3) is 0 Å². The van der Waals surface area contributed by atoms with Crippen LogP contribution in [0.1, 0.15) is 12.8 Å². The van der Waals surface area contributed by atoms with Gasteiger partial charge in [-0.05, 0) is 18.9 Å². The van der Waals surface area contributed by atoms with Gasteiger partial charge in [-0.2, -0.15) is 0 Å². The SMILES string of the molecule is C=CC(=O)O.C=CC(N)=O.C=CCCC=C.Cl.N. The lowest BCUT2D eigenvalue weighted by Crippen LogP contribution is -2.04. The van der Waals surface area contributed by atoms with Crippen molar-refractivity contribution in [3.8, 4) is 0 Å². The van der Waals surface area contributed by atoms with Gasteiger partial charge in [0.2, 0.25) is 5.91 Å². The molecule has 0 aliphatic heterocycles. The Morgan fingerprint density at radius 2 is 1.22 bits per heavy atom. The van der Waals surface area contributed by atoms with E-state index in [1.54, 1.807) is 0 Å². The standard InChI is InChI=1S/C6H10.C3H5NO.C3H4O2.ClH.H3N/c1-3-5-6-4-2;2*1-2-3(4)5;;/h3-4H,1-2,5-6H2;2H,1H2,(H2,4,5);2H,1H2,(H,4,5);1H;1H3. The normalized spacial score (nSPS) is 6.00. The molecule has 1 amide bonds. The third-order valence-electron chi connectivity index (χ3n) is 0.951. The van der Waals surface area contributed by atoms with Crippen LogP contribution in [0.25, 0.3) is 0 Å². The summed E-state index contributed by atoms with van der Waals surface area (Å²) in [5.41, 5.74) is 4.53. The molecule has 106 valence electrons. The van der Waals surface area contributed by atoms with Gasteiger partial charge >= 0.3 is 5.97 Å². The molecule has 0 radical (unpaired) electrons. The molecule has 6 N–H and O–H groups in total. The number of hydrogen-bond acceptors (Lipinski definition) is 3. The number of nitrogens with two attached hydrogens (primary N) is 1. The van der Waals surface area contributed by atoms with E-state index < -0.39 is 11.9 Å². The van der Waals surface area contributed by atoms with Crippen LogP contribution in [0.3, 0.4) is 0 Å². The molecule has 0 aliphatic rings. The first-order valence-corrected chi connectivity index (χ1v) is 4.45. The minimum Gasteiger partial charge on any atom is -0.478 e. The first-order chi connectivity index (χ1) is 7.45. The molecule has 0 fully saturated rings. The summed E-state index contributed by atoms with van der Waals surface area (Å²) in [6.07, 6.45) is 7.79. The molecular formula is C12H23ClN2O3. The number of aliphatic carboxylic acids is 1. The smallest absolute Gasteiger partial charge is 0.327 e. The summed E-state index contributed by atoms with van der Waals surface area (Å²) in [4.78, 5) is 18.7. The fourth-order valence-electron chi connectivity index (χ4n) is 0.236. The average Bonchev–Trinajstić information content (AvgIpc) is 2.27. The quantitative estimate of drug-likeness (QED) is 0.407. The number of carbonyl (C=O) groups is 2. The third kappa shape index (κ3) is 92.3. The van der Waals surface area contributed by atoms with E-state index in [2.05, 4.69) is 32.0 Å². The highest BCUT2D eigenvalue weighted by Crippen LogP contribution is 1.86. The number of primary amides is 1. The van der Waals surface area contributed by atoms with Crippen molar-refractivity contribution in [3.63, 3.8) is 0 Å². The lowest BCUT2D eigenvalue weighted by molar-refractivity contribution is -0.131. The van der Waals surface area contributed by atoms with E-state index in [0.717, 1.165) is 25.0 Å². The van der Waals surface area contributed by atoms with Crippen LogP contribution in [-0.2, 0) is 9.59 Å². The van der Waals surface area contributed by atoms with Crippen molar-refractivity contribution in [2.75, 3.05) is 0 Å². The summed E-state index contributed by atoms with van der Waals surface area (Å²) < 4.78 is 0. The van der Waals surface area contributed by atoms with Crippen LogP contribution < -0.4 is 11.9 Å². The van der Waals surface area contributed by atoms with E-state index >= 15 is 0 Å². The monoisotopic (exact) mass is 278 g/mol. The average molecular weight is 279 g/mol. The summed E-state index contributed by atoms with van der Waals surface area (Å²) in [5.74, 6) is -1.46. The van der Waals surface area contributed by atoms with Crippen molar-refractivity contribution in [3.05, 3.63) is 50.6 Å². The summed E-state index contributed by atoms with van der Waals surface area (Å²) >= 11 is 0. The molecule has 0 aromatic heterocycles. The molecule has 0 aromatic carbocycles. The van der Waals surface area contributed by atoms with E-state index in [9.17, 15) is 9.59 Å². The maximum atomic E-state index is 9.47. The second-order valence-electron chi connectivity index (χ2n) is 2.30. The van der Waals surface area contributed by atoms with Crippen molar-refractivity contribution in [2.24, 2.45) is 5.73 Å². The fourth-order valence-corrected chi connectivity index (χ4v) is 0.236. The van der Waals surface area contributed by atoms with E-state index in [4.69, 9.17) is 5.11 Å². The minimum atomic E-state index is -0.981. The zero-order valence-corrected chi connectivity index (χ0v) is 11.3. The largest absolute Gasteiger partial charge is 0.478 e. The Balaban J connectivity index is -0.0000000447. The van der Waals surface area contributed by atoms with Gasteiger partial charge in [-0.1, -0.05) is 25.3 Å². The van der Waals surface area contributed by atoms with Gasteiger partial charge in [0.05, 0.1) is 0 Å². The number of hydrogen-bond donors (Lipinski definition) is 3. The van der Waals surface area contributed by atoms with Gasteiger partial charge in [0, 0.05) is 6.08 Å². The number of carbonyl (C=O) groups excluding carboxylic acids is 1. The molecule has 0 heterocycles. The molecule has 0 unspecified atom stereocenters. The first-order valence-electron chi connectivity index (χ1n) is 4.45. The number of halogens is 1. The van der Waals surface area contributed by atoms with Crippen LogP contribution in [0.2, 0.25) is 0 Å². The molecular weight excluding hydrogens is 256 g/mol. The van der Waals surface area contributed by atoms with Gasteiger partial charge in [-0.25, -0.2) is 4.79 Å². The van der Waals surface area contributed by atoms with Crippen molar-refractivity contribution < 1.29 is 14.7 Å². The third-order valence-corrected chi connectivity index (χ3v) is 0.951. The van der Waals surface area contributed by atoms with Crippen LogP contribution in [0.15, 0.2) is 50.6 Å². The molecule has 0 spiro atoms. The molecule has 5 nitrogen and oxygen atoms in total. The maximum Gasteiger partial charge on any atom is 0.327 e. The van der Waals surface area contributed by atoms with Crippen molar-refractivity contribution in [1.82, 2.24) is 6.15 Å². The summed E-state index contributed by atoms with van der Waals surface area (Å²) in [5, 5.41) is 7.60. The molecule has 0 saturated carbocycles. The second-order valence-corrected chi connectivity index (χ2v) is 2.30. The van der Waals surface area contributed by atoms with E-state index in [0.29, 0.717) is 0 Å². The zero-order valence-electron chi connectivity index (χ0n) is 10.5. The molecule has 0 saturated heterocycles. The van der Waals surface area contributed by atoms with Crippen LogP contribution in [0, 0.1) is 0 Å². The van der Waals surface area contributed by atoms with Gasteiger partial charge in [0.1, 0.15) is 0 Å². The molecule has 0 bridgehead atoms. The number of allylic oxidation sites excluding steroid dienone is 2. The van der Waals surface area contributed by atoms with E-state index in [1.807, 2.05) is 12.2 Å². The number of carboxylic acids is 1. The van der Waals surface area contributed by atoms with Crippen LogP contribution in [0.5, 0.6) is 0 Å².